The second kappa shape index (κ2) is 5.75. The Morgan fingerprint density at radius 3 is 2.76 bits per heavy atom. The Morgan fingerprint density at radius 2 is 2.19 bits per heavy atom. The van der Waals surface area contributed by atoms with Crippen molar-refractivity contribution in [2.24, 2.45) is 0 Å². The highest BCUT2D eigenvalue weighted by Crippen LogP contribution is 2.27. The first-order valence-electron chi connectivity index (χ1n) is 6.93. The fourth-order valence-corrected chi connectivity index (χ4v) is 2.25. The zero-order valence-electron chi connectivity index (χ0n) is 12.5. The molecule has 1 atom stereocenters. The Hall–Kier alpha value is -2.05. The van der Waals surface area contributed by atoms with E-state index in [1.807, 2.05) is 20.8 Å². The lowest BCUT2D eigenvalue weighted by molar-refractivity contribution is 0.0189. The minimum absolute atomic E-state index is 0.0978. The number of amides is 1. The molecule has 0 spiro atoms. The number of carboxylic acid groups (broad SMARTS) is 1. The van der Waals surface area contributed by atoms with Crippen molar-refractivity contribution in [3.8, 4) is 0 Å². The number of nitrogens with zero attached hydrogens (tertiary/aromatic N) is 2. The van der Waals surface area contributed by atoms with Crippen LogP contribution in [0.25, 0.3) is 0 Å². The number of aromatic nitrogens is 1. The van der Waals surface area contributed by atoms with Crippen LogP contribution in [-0.2, 0) is 4.74 Å². The number of likely N-dealkylation sites (tertiary alicyclic amines) is 1. The van der Waals surface area contributed by atoms with Gasteiger partial charge in [0.05, 0.1) is 12.1 Å². The lowest BCUT2D eigenvalue weighted by atomic mass is 9.98. The van der Waals surface area contributed by atoms with Crippen molar-refractivity contribution in [3.63, 3.8) is 0 Å². The molecule has 1 unspecified atom stereocenters. The van der Waals surface area contributed by atoms with Crippen molar-refractivity contribution < 1.29 is 23.8 Å². The number of hydrogen-bond acceptors (Lipinski definition) is 5. The Labute approximate surface area is 122 Å². The van der Waals surface area contributed by atoms with Gasteiger partial charge in [0, 0.05) is 13.1 Å². The van der Waals surface area contributed by atoms with Gasteiger partial charge in [0.25, 0.3) is 0 Å². The molecule has 0 aliphatic carbocycles. The fourth-order valence-electron chi connectivity index (χ4n) is 2.25. The molecule has 1 amide bonds. The van der Waals surface area contributed by atoms with E-state index in [2.05, 4.69) is 4.98 Å². The highest BCUT2D eigenvalue weighted by Gasteiger charge is 2.30. The topological polar surface area (TPSA) is 92.9 Å². The van der Waals surface area contributed by atoms with E-state index in [-0.39, 0.29) is 17.8 Å². The average Bonchev–Trinajstić information content (AvgIpc) is 2.86. The van der Waals surface area contributed by atoms with Crippen LogP contribution in [0.3, 0.4) is 0 Å². The van der Waals surface area contributed by atoms with E-state index < -0.39 is 11.6 Å². The normalized spacial score (nSPS) is 19.4. The van der Waals surface area contributed by atoms with Crippen LogP contribution in [0.15, 0.2) is 10.6 Å². The number of carbonyl (C=O) groups excluding carboxylic acids is 1. The molecule has 0 aromatic carbocycles. The third-order valence-electron chi connectivity index (χ3n) is 3.16. The van der Waals surface area contributed by atoms with Crippen molar-refractivity contribution in [2.45, 2.75) is 45.1 Å². The second-order valence-corrected chi connectivity index (χ2v) is 6.13. The summed E-state index contributed by atoms with van der Waals surface area (Å²) in [6, 6.07) is 0. The van der Waals surface area contributed by atoms with Crippen LogP contribution < -0.4 is 0 Å². The Balaban J connectivity index is 2.03. The molecular weight excluding hydrogens is 276 g/mol. The minimum Gasteiger partial charge on any atom is -0.475 e. The molecule has 2 rings (SSSR count). The van der Waals surface area contributed by atoms with Gasteiger partial charge in [-0.15, -0.1) is 0 Å². The van der Waals surface area contributed by atoms with Gasteiger partial charge in [-0.25, -0.2) is 14.6 Å². The molecule has 1 aromatic rings. The van der Waals surface area contributed by atoms with E-state index in [1.54, 1.807) is 4.90 Å². The van der Waals surface area contributed by atoms with Crippen molar-refractivity contribution in [2.75, 3.05) is 13.1 Å². The molecule has 1 aliphatic heterocycles. The van der Waals surface area contributed by atoms with Crippen LogP contribution in [0, 0.1) is 0 Å². The Bertz CT molecular complexity index is 532. The van der Waals surface area contributed by atoms with Crippen LogP contribution in [-0.4, -0.2) is 45.7 Å². The molecule has 7 heteroatoms. The lowest BCUT2D eigenvalue weighted by Crippen LogP contribution is -2.42. The molecule has 0 saturated carbocycles. The number of oxazole rings is 1. The van der Waals surface area contributed by atoms with Crippen LogP contribution in [0.5, 0.6) is 0 Å². The SMILES string of the molecule is CC(C)(C)OC(=O)N1CCCC(c2ncc(C(=O)O)o2)C1. The summed E-state index contributed by atoms with van der Waals surface area (Å²) in [6.07, 6.45) is 2.44. The zero-order valence-corrected chi connectivity index (χ0v) is 12.5. The van der Waals surface area contributed by atoms with Crippen LogP contribution in [0.4, 0.5) is 4.79 Å². The molecule has 1 aliphatic rings. The van der Waals surface area contributed by atoms with Gasteiger partial charge in [-0.05, 0) is 33.6 Å². The lowest BCUT2D eigenvalue weighted by Gasteiger charge is -2.32. The van der Waals surface area contributed by atoms with Crippen molar-refractivity contribution >= 4 is 12.1 Å². The molecule has 116 valence electrons. The molecule has 1 saturated heterocycles. The van der Waals surface area contributed by atoms with E-state index in [1.165, 1.54) is 6.20 Å². The number of hydrogen-bond donors (Lipinski definition) is 1. The summed E-state index contributed by atoms with van der Waals surface area (Å²) in [7, 11) is 0. The summed E-state index contributed by atoms with van der Waals surface area (Å²) >= 11 is 0. The van der Waals surface area contributed by atoms with Crippen LogP contribution in [0.2, 0.25) is 0 Å². The predicted octanol–water partition coefficient (Wildman–Crippen LogP) is 2.49. The number of rotatable bonds is 2. The van der Waals surface area contributed by atoms with Crippen molar-refractivity contribution in [1.29, 1.82) is 0 Å². The summed E-state index contributed by atoms with van der Waals surface area (Å²) in [4.78, 5) is 28.5. The van der Waals surface area contributed by atoms with E-state index >= 15 is 0 Å². The molecule has 21 heavy (non-hydrogen) atoms. The standard InChI is InChI=1S/C14H20N2O5/c1-14(2,3)21-13(19)16-6-4-5-9(8-16)11-15-7-10(20-11)12(17)18/h7,9H,4-6,8H2,1-3H3,(H,17,18). The average molecular weight is 296 g/mol. The molecule has 1 N–H and O–H groups in total. The number of piperidine rings is 1. The monoisotopic (exact) mass is 296 g/mol. The van der Waals surface area contributed by atoms with Gasteiger partial charge in [-0.3, -0.25) is 0 Å². The molecule has 7 nitrogen and oxygen atoms in total. The molecule has 0 radical (unpaired) electrons. The fraction of sp³-hybridized carbons (Fsp3) is 0.643. The maximum Gasteiger partial charge on any atom is 0.410 e. The second-order valence-electron chi connectivity index (χ2n) is 6.13. The maximum atomic E-state index is 12.1. The van der Waals surface area contributed by atoms with E-state index in [9.17, 15) is 9.59 Å². The summed E-state index contributed by atoms with van der Waals surface area (Å²) in [6.45, 7) is 6.51. The molecule has 2 heterocycles. The van der Waals surface area contributed by atoms with Gasteiger partial charge in [-0.1, -0.05) is 0 Å². The number of aromatic carboxylic acids is 1. The molecule has 1 aromatic heterocycles. The molecule has 0 bridgehead atoms. The van der Waals surface area contributed by atoms with Gasteiger partial charge in [-0.2, -0.15) is 0 Å². The van der Waals surface area contributed by atoms with Gasteiger partial charge < -0.3 is 19.2 Å². The molecule has 1 fully saturated rings. The number of carboxylic acids is 1. The highest BCUT2D eigenvalue weighted by atomic mass is 16.6. The van der Waals surface area contributed by atoms with Gasteiger partial charge in [0.2, 0.25) is 5.76 Å². The van der Waals surface area contributed by atoms with E-state index in [0.717, 1.165) is 12.8 Å². The number of carbonyl (C=O) groups is 2. The molecular formula is C14H20N2O5. The largest absolute Gasteiger partial charge is 0.475 e. The van der Waals surface area contributed by atoms with E-state index in [0.29, 0.717) is 19.0 Å². The summed E-state index contributed by atoms with van der Waals surface area (Å²) < 4.78 is 10.6. The first kappa shape index (κ1) is 15.3. The first-order chi connectivity index (χ1) is 9.76. The summed E-state index contributed by atoms with van der Waals surface area (Å²) in [5.74, 6) is -1.06. The van der Waals surface area contributed by atoms with Gasteiger partial charge in [0.1, 0.15) is 5.60 Å². The van der Waals surface area contributed by atoms with Crippen LogP contribution >= 0.6 is 0 Å². The third kappa shape index (κ3) is 3.96. The third-order valence-corrected chi connectivity index (χ3v) is 3.16. The predicted molar refractivity (Wildman–Crippen MR) is 73.2 cm³/mol. The zero-order chi connectivity index (χ0) is 15.6. The highest BCUT2D eigenvalue weighted by molar-refractivity contribution is 5.83. The van der Waals surface area contributed by atoms with Crippen LogP contribution in [0.1, 0.15) is 56.0 Å². The maximum absolute atomic E-state index is 12.1. The first-order valence-corrected chi connectivity index (χ1v) is 6.93. The summed E-state index contributed by atoms with van der Waals surface area (Å²) in [5, 5.41) is 8.85. The van der Waals surface area contributed by atoms with Gasteiger partial charge in [0.15, 0.2) is 5.89 Å². The Morgan fingerprint density at radius 1 is 1.48 bits per heavy atom. The van der Waals surface area contributed by atoms with Crippen molar-refractivity contribution in [1.82, 2.24) is 9.88 Å². The van der Waals surface area contributed by atoms with Gasteiger partial charge >= 0.3 is 12.1 Å². The minimum atomic E-state index is -1.14. The van der Waals surface area contributed by atoms with E-state index in [4.69, 9.17) is 14.3 Å². The summed E-state index contributed by atoms with van der Waals surface area (Å²) in [5.41, 5.74) is -0.538. The van der Waals surface area contributed by atoms with Crippen molar-refractivity contribution in [3.05, 3.63) is 17.8 Å². The Kier molecular flexibility index (Phi) is 4.20. The smallest absolute Gasteiger partial charge is 0.410 e. The quantitative estimate of drug-likeness (QED) is 0.901. The number of ether oxygens (including phenoxy) is 1.